The summed E-state index contributed by atoms with van der Waals surface area (Å²) in [6, 6.07) is 10.7. The first kappa shape index (κ1) is 15.5. The fourth-order valence-electron chi connectivity index (χ4n) is 2.53. The van der Waals surface area contributed by atoms with E-state index in [0.29, 0.717) is 5.75 Å². The highest BCUT2D eigenvalue weighted by Gasteiger charge is 2.13. The van der Waals surface area contributed by atoms with E-state index in [2.05, 4.69) is 13.0 Å². The molecule has 0 amide bonds. The van der Waals surface area contributed by atoms with Gasteiger partial charge in [-0.05, 0) is 48.2 Å². The number of hydrogen-bond acceptors (Lipinski definition) is 2. The number of benzene rings is 2. The Balaban J connectivity index is 2.59. The van der Waals surface area contributed by atoms with Crippen molar-refractivity contribution in [2.75, 3.05) is 7.11 Å². The molecule has 2 aromatic carbocycles. The Morgan fingerprint density at radius 1 is 1.14 bits per heavy atom. The number of rotatable bonds is 5. The van der Waals surface area contributed by atoms with Gasteiger partial charge in [0, 0.05) is 11.6 Å². The van der Waals surface area contributed by atoms with E-state index in [1.54, 1.807) is 13.2 Å². The van der Waals surface area contributed by atoms with E-state index in [-0.39, 0.29) is 11.9 Å². The van der Waals surface area contributed by atoms with E-state index in [9.17, 15) is 4.39 Å². The molecule has 0 aliphatic heterocycles. The summed E-state index contributed by atoms with van der Waals surface area (Å²) in [7, 11) is 1.60. The van der Waals surface area contributed by atoms with E-state index in [4.69, 9.17) is 10.5 Å². The Labute approximate surface area is 125 Å². The van der Waals surface area contributed by atoms with Gasteiger partial charge in [0.05, 0.1) is 7.11 Å². The molecule has 0 saturated heterocycles. The van der Waals surface area contributed by atoms with Crippen molar-refractivity contribution in [3.8, 4) is 16.9 Å². The van der Waals surface area contributed by atoms with Crippen molar-refractivity contribution in [1.29, 1.82) is 0 Å². The van der Waals surface area contributed by atoms with Crippen molar-refractivity contribution in [1.82, 2.24) is 0 Å². The minimum atomic E-state index is -0.260. The van der Waals surface area contributed by atoms with Gasteiger partial charge in [0.2, 0.25) is 0 Å². The molecule has 0 spiro atoms. The summed E-state index contributed by atoms with van der Waals surface area (Å²) in [4.78, 5) is 0. The third-order valence-corrected chi connectivity index (χ3v) is 3.63. The molecule has 3 heteroatoms. The van der Waals surface area contributed by atoms with Gasteiger partial charge in [-0.3, -0.25) is 0 Å². The molecule has 2 N–H and O–H groups in total. The van der Waals surface area contributed by atoms with Crippen molar-refractivity contribution in [3.63, 3.8) is 0 Å². The maximum Gasteiger partial charge on any atom is 0.126 e. The lowest BCUT2D eigenvalue weighted by atomic mass is 9.93. The Hall–Kier alpha value is -1.87. The second kappa shape index (κ2) is 6.72. The number of halogens is 1. The van der Waals surface area contributed by atoms with Crippen LogP contribution in [0.5, 0.6) is 5.75 Å². The minimum Gasteiger partial charge on any atom is -0.496 e. The van der Waals surface area contributed by atoms with Gasteiger partial charge in [-0.1, -0.05) is 31.5 Å². The average molecular weight is 287 g/mol. The van der Waals surface area contributed by atoms with Crippen molar-refractivity contribution >= 4 is 0 Å². The van der Waals surface area contributed by atoms with Crippen LogP contribution < -0.4 is 10.5 Å². The van der Waals surface area contributed by atoms with Gasteiger partial charge in [0.1, 0.15) is 11.6 Å². The van der Waals surface area contributed by atoms with E-state index in [1.807, 2.05) is 19.1 Å². The molecular formula is C18H22FNO. The van der Waals surface area contributed by atoms with Crippen molar-refractivity contribution in [2.24, 2.45) is 5.73 Å². The zero-order valence-electron chi connectivity index (χ0n) is 12.8. The summed E-state index contributed by atoms with van der Waals surface area (Å²) >= 11 is 0. The zero-order chi connectivity index (χ0) is 15.4. The predicted octanol–water partition coefficient (Wildman–Crippen LogP) is 4.47. The monoisotopic (exact) mass is 287 g/mol. The first-order valence-corrected chi connectivity index (χ1v) is 7.29. The Morgan fingerprint density at radius 2 is 1.90 bits per heavy atom. The third-order valence-electron chi connectivity index (χ3n) is 3.63. The molecule has 0 radical (unpaired) electrons. The highest BCUT2D eigenvalue weighted by Crippen LogP contribution is 2.34. The molecule has 1 unspecified atom stereocenters. The van der Waals surface area contributed by atoms with Crippen molar-refractivity contribution in [3.05, 3.63) is 53.3 Å². The SMILES string of the molecule is CCCc1cc(C(C)N)ccc1-c1cc(F)ccc1OC. The standard InChI is InChI=1S/C18H22FNO/c1-4-5-14-10-13(12(2)20)6-8-16(14)17-11-15(19)7-9-18(17)21-3/h6-12H,4-5,20H2,1-3H3. The first-order chi connectivity index (χ1) is 10.1. The lowest BCUT2D eigenvalue weighted by Gasteiger charge is -2.16. The molecule has 0 fully saturated rings. The number of hydrogen-bond donors (Lipinski definition) is 1. The normalized spacial score (nSPS) is 12.2. The largest absolute Gasteiger partial charge is 0.496 e. The third kappa shape index (κ3) is 3.42. The molecule has 112 valence electrons. The Kier molecular flexibility index (Phi) is 4.97. The summed E-state index contributed by atoms with van der Waals surface area (Å²) in [6.45, 7) is 4.10. The van der Waals surface area contributed by atoms with E-state index in [1.165, 1.54) is 17.7 Å². The van der Waals surface area contributed by atoms with Gasteiger partial charge in [-0.2, -0.15) is 0 Å². The van der Waals surface area contributed by atoms with Gasteiger partial charge in [-0.15, -0.1) is 0 Å². The lowest BCUT2D eigenvalue weighted by Crippen LogP contribution is -2.06. The lowest BCUT2D eigenvalue weighted by molar-refractivity contribution is 0.415. The fourth-order valence-corrected chi connectivity index (χ4v) is 2.53. The number of nitrogens with two attached hydrogens (primary N) is 1. The van der Waals surface area contributed by atoms with Crippen molar-refractivity contribution in [2.45, 2.75) is 32.7 Å². The topological polar surface area (TPSA) is 35.2 Å². The number of methoxy groups -OCH3 is 1. The first-order valence-electron chi connectivity index (χ1n) is 7.29. The molecule has 0 aliphatic rings. The van der Waals surface area contributed by atoms with Crippen LogP contribution in [0.4, 0.5) is 4.39 Å². The Morgan fingerprint density at radius 3 is 2.52 bits per heavy atom. The fraction of sp³-hybridized carbons (Fsp3) is 0.333. The summed E-state index contributed by atoms with van der Waals surface area (Å²) in [6.07, 6.45) is 1.95. The summed E-state index contributed by atoms with van der Waals surface area (Å²) < 4.78 is 19.0. The van der Waals surface area contributed by atoms with Gasteiger partial charge in [0.15, 0.2) is 0 Å². The zero-order valence-corrected chi connectivity index (χ0v) is 12.8. The quantitative estimate of drug-likeness (QED) is 0.880. The van der Waals surface area contributed by atoms with E-state index >= 15 is 0 Å². The van der Waals surface area contributed by atoms with Crippen LogP contribution in [0.25, 0.3) is 11.1 Å². The molecule has 2 nitrogen and oxygen atoms in total. The van der Waals surface area contributed by atoms with Crippen LogP contribution in [0.1, 0.15) is 37.4 Å². The van der Waals surface area contributed by atoms with Crippen LogP contribution in [-0.2, 0) is 6.42 Å². The van der Waals surface area contributed by atoms with Crippen LogP contribution in [0.15, 0.2) is 36.4 Å². The molecular weight excluding hydrogens is 265 g/mol. The van der Waals surface area contributed by atoms with Crippen molar-refractivity contribution < 1.29 is 9.13 Å². The van der Waals surface area contributed by atoms with Gasteiger partial charge >= 0.3 is 0 Å². The molecule has 2 aromatic rings. The van der Waals surface area contributed by atoms with Crippen LogP contribution in [0, 0.1) is 5.82 Å². The second-order valence-electron chi connectivity index (χ2n) is 5.30. The molecule has 0 saturated carbocycles. The van der Waals surface area contributed by atoms with Gasteiger partial charge < -0.3 is 10.5 Å². The maximum atomic E-state index is 13.6. The molecule has 2 rings (SSSR count). The van der Waals surface area contributed by atoms with E-state index in [0.717, 1.165) is 29.5 Å². The van der Waals surface area contributed by atoms with Gasteiger partial charge in [-0.25, -0.2) is 4.39 Å². The smallest absolute Gasteiger partial charge is 0.126 e. The molecule has 0 heterocycles. The minimum absolute atomic E-state index is 0.0101. The molecule has 0 bridgehead atoms. The second-order valence-corrected chi connectivity index (χ2v) is 5.30. The van der Waals surface area contributed by atoms with Gasteiger partial charge in [0.25, 0.3) is 0 Å². The molecule has 21 heavy (non-hydrogen) atoms. The summed E-state index contributed by atoms with van der Waals surface area (Å²) in [5, 5.41) is 0. The predicted molar refractivity (Wildman–Crippen MR) is 85.0 cm³/mol. The average Bonchev–Trinajstić information content (AvgIpc) is 2.47. The van der Waals surface area contributed by atoms with Crippen LogP contribution in [0.2, 0.25) is 0 Å². The number of ether oxygens (including phenoxy) is 1. The summed E-state index contributed by atoms with van der Waals surface area (Å²) in [5.74, 6) is 0.423. The number of aryl methyl sites for hydroxylation is 1. The molecule has 0 aliphatic carbocycles. The maximum absolute atomic E-state index is 13.6. The van der Waals surface area contributed by atoms with E-state index < -0.39 is 0 Å². The molecule has 1 atom stereocenters. The summed E-state index contributed by atoms with van der Waals surface area (Å²) in [5.41, 5.74) is 10.0. The van der Waals surface area contributed by atoms with Crippen LogP contribution >= 0.6 is 0 Å². The Bertz CT molecular complexity index is 623. The highest BCUT2D eigenvalue weighted by molar-refractivity contribution is 5.74. The van der Waals surface area contributed by atoms with Crippen LogP contribution in [0.3, 0.4) is 0 Å². The van der Waals surface area contributed by atoms with Crippen LogP contribution in [-0.4, -0.2) is 7.11 Å². The highest BCUT2D eigenvalue weighted by atomic mass is 19.1. The molecule has 0 aromatic heterocycles.